The number of ketones is 1. The molecule has 1 aliphatic carbocycles. The van der Waals surface area contributed by atoms with Gasteiger partial charge in [0.05, 0.1) is 0 Å². The molecule has 1 aliphatic rings. The van der Waals surface area contributed by atoms with Crippen LogP contribution in [0.3, 0.4) is 0 Å². The summed E-state index contributed by atoms with van der Waals surface area (Å²) in [7, 11) is 2.13. The van der Waals surface area contributed by atoms with E-state index in [0.717, 1.165) is 19.0 Å². The van der Waals surface area contributed by atoms with Gasteiger partial charge in [0.1, 0.15) is 5.82 Å². The van der Waals surface area contributed by atoms with Crippen molar-refractivity contribution >= 4 is 5.78 Å². The van der Waals surface area contributed by atoms with Gasteiger partial charge in [0, 0.05) is 18.0 Å². The minimum Gasteiger partial charge on any atom is -0.303 e. The van der Waals surface area contributed by atoms with E-state index in [0.29, 0.717) is 12.0 Å². The summed E-state index contributed by atoms with van der Waals surface area (Å²) in [6, 6.07) is 6.54. The highest BCUT2D eigenvalue weighted by atomic mass is 19.1. The highest BCUT2D eigenvalue weighted by Gasteiger charge is 2.21. The van der Waals surface area contributed by atoms with Crippen LogP contribution in [0.25, 0.3) is 0 Å². The predicted octanol–water partition coefficient (Wildman–Crippen LogP) is 3.27. The first-order valence-corrected chi connectivity index (χ1v) is 6.66. The molecule has 1 fully saturated rings. The Morgan fingerprint density at radius 1 is 1.33 bits per heavy atom. The van der Waals surface area contributed by atoms with E-state index in [1.807, 2.05) is 0 Å². The van der Waals surface area contributed by atoms with Crippen LogP contribution in [0, 0.1) is 5.82 Å². The van der Waals surface area contributed by atoms with Gasteiger partial charge in [0.15, 0.2) is 5.78 Å². The van der Waals surface area contributed by atoms with Crippen LogP contribution < -0.4 is 0 Å². The van der Waals surface area contributed by atoms with Crippen molar-refractivity contribution in [3.8, 4) is 0 Å². The summed E-state index contributed by atoms with van der Waals surface area (Å²) >= 11 is 0. The summed E-state index contributed by atoms with van der Waals surface area (Å²) in [5, 5.41) is 0. The second kappa shape index (κ2) is 6.10. The Bertz CT molecular complexity index is 397. The lowest BCUT2D eigenvalue weighted by Gasteiger charge is -2.34. The number of nitrogens with zero attached hydrogens (tertiary/aromatic N) is 1. The molecule has 0 aliphatic heterocycles. The molecule has 0 heterocycles. The molecule has 0 bridgehead atoms. The van der Waals surface area contributed by atoms with Gasteiger partial charge in [0.2, 0.25) is 0 Å². The molecule has 0 unspecified atom stereocenters. The van der Waals surface area contributed by atoms with Crippen molar-refractivity contribution in [3.63, 3.8) is 0 Å². The number of carbonyl (C=O) groups excluding carboxylic acids is 1. The Morgan fingerprint density at radius 2 is 2.00 bits per heavy atom. The summed E-state index contributed by atoms with van der Waals surface area (Å²) in [6.45, 7) is 0.970. The lowest BCUT2D eigenvalue weighted by atomic mass is 9.91. The van der Waals surface area contributed by atoms with Crippen LogP contribution in [0.2, 0.25) is 0 Å². The van der Waals surface area contributed by atoms with E-state index in [1.54, 1.807) is 12.1 Å². The average molecular weight is 249 g/mol. The first-order chi connectivity index (χ1) is 8.66. The molecule has 2 nitrogen and oxygen atoms in total. The third-order valence-corrected chi connectivity index (χ3v) is 3.78. The van der Waals surface area contributed by atoms with Gasteiger partial charge in [-0.15, -0.1) is 0 Å². The molecule has 18 heavy (non-hydrogen) atoms. The minimum absolute atomic E-state index is 0.108. The Balaban J connectivity index is 1.72. The predicted molar refractivity (Wildman–Crippen MR) is 70.2 cm³/mol. The van der Waals surface area contributed by atoms with E-state index >= 15 is 0 Å². The summed E-state index contributed by atoms with van der Waals surface area (Å²) in [5.74, 6) is -0.187. The van der Waals surface area contributed by atoms with Gasteiger partial charge in [-0.1, -0.05) is 6.42 Å². The van der Waals surface area contributed by atoms with Gasteiger partial charge < -0.3 is 4.90 Å². The van der Waals surface area contributed by atoms with E-state index in [2.05, 4.69) is 11.9 Å². The number of Topliss-reactive ketones (excluding diaryl/α,β-unsaturated/α-hetero) is 1. The number of benzene rings is 1. The second-order valence-corrected chi connectivity index (χ2v) is 5.10. The van der Waals surface area contributed by atoms with Crippen LogP contribution in [-0.2, 0) is 0 Å². The fourth-order valence-electron chi connectivity index (χ4n) is 2.28. The SMILES string of the molecule is CN(CCCC(=O)c1ccc(F)cc1)C1CCC1. The maximum atomic E-state index is 12.7. The Labute approximate surface area is 108 Å². The quantitative estimate of drug-likeness (QED) is 0.721. The van der Waals surface area contributed by atoms with Crippen LogP contribution in [0.15, 0.2) is 24.3 Å². The van der Waals surface area contributed by atoms with E-state index in [9.17, 15) is 9.18 Å². The summed E-state index contributed by atoms with van der Waals surface area (Å²) in [4.78, 5) is 14.2. The molecular weight excluding hydrogens is 229 g/mol. The van der Waals surface area contributed by atoms with E-state index in [4.69, 9.17) is 0 Å². The third-order valence-electron chi connectivity index (χ3n) is 3.78. The fraction of sp³-hybridized carbons (Fsp3) is 0.533. The highest BCUT2D eigenvalue weighted by molar-refractivity contribution is 5.95. The highest BCUT2D eigenvalue weighted by Crippen LogP contribution is 2.23. The van der Waals surface area contributed by atoms with Crippen LogP contribution >= 0.6 is 0 Å². The Kier molecular flexibility index (Phi) is 4.48. The number of hydrogen-bond acceptors (Lipinski definition) is 2. The minimum atomic E-state index is -0.295. The van der Waals surface area contributed by atoms with Gasteiger partial charge in [-0.2, -0.15) is 0 Å². The van der Waals surface area contributed by atoms with Crippen molar-refractivity contribution in [2.24, 2.45) is 0 Å². The van der Waals surface area contributed by atoms with Gasteiger partial charge in [-0.25, -0.2) is 4.39 Å². The molecule has 0 spiro atoms. The van der Waals surface area contributed by atoms with Crippen molar-refractivity contribution in [2.45, 2.75) is 38.1 Å². The molecule has 1 saturated carbocycles. The van der Waals surface area contributed by atoms with Gasteiger partial charge in [-0.05, 0) is 57.1 Å². The van der Waals surface area contributed by atoms with Gasteiger partial charge >= 0.3 is 0 Å². The molecule has 0 aromatic heterocycles. The van der Waals surface area contributed by atoms with Crippen molar-refractivity contribution in [2.75, 3.05) is 13.6 Å². The number of halogens is 1. The number of rotatable bonds is 6. The topological polar surface area (TPSA) is 20.3 Å². The van der Waals surface area contributed by atoms with Crippen LogP contribution in [-0.4, -0.2) is 30.3 Å². The van der Waals surface area contributed by atoms with E-state index < -0.39 is 0 Å². The molecule has 1 aromatic rings. The van der Waals surface area contributed by atoms with Crippen LogP contribution in [0.5, 0.6) is 0 Å². The molecule has 2 rings (SSSR count). The van der Waals surface area contributed by atoms with Crippen molar-refractivity contribution in [1.82, 2.24) is 4.90 Å². The smallest absolute Gasteiger partial charge is 0.162 e. The van der Waals surface area contributed by atoms with Crippen molar-refractivity contribution in [1.29, 1.82) is 0 Å². The molecule has 3 heteroatoms. The molecule has 0 atom stereocenters. The summed E-state index contributed by atoms with van der Waals surface area (Å²) < 4.78 is 12.7. The van der Waals surface area contributed by atoms with E-state index in [-0.39, 0.29) is 11.6 Å². The van der Waals surface area contributed by atoms with Crippen LogP contribution in [0.1, 0.15) is 42.5 Å². The van der Waals surface area contributed by atoms with Gasteiger partial charge in [0.25, 0.3) is 0 Å². The standard InChI is InChI=1S/C15H20FNO/c1-17(14-4-2-5-14)11-3-6-15(18)12-7-9-13(16)10-8-12/h7-10,14H,2-6,11H2,1H3. The first-order valence-electron chi connectivity index (χ1n) is 6.66. The lowest BCUT2D eigenvalue weighted by molar-refractivity contribution is 0.0966. The zero-order valence-electron chi connectivity index (χ0n) is 10.9. The summed E-state index contributed by atoms with van der Waals surface area (Å²) in [5.41, 5.74) is 0.614. The Hall–Kier alpha value is -1.22. The van der Waals surface area contributed by atoms with Crippen molar-refractivity contribution in [3.05, 3.63) is 35.6 Å². The Morgan fingerprint density at radius 3 is 2.56 bits per heavy atom. The molecule has 0 radical (unpaired) electrons. The first kappa shape index (κ1) is 13.2. The maximum Gasteiger partial charge on any atom is 0.162 e. The third kappa shape index (κ3) is 3.39. The zero-order chi connectivity index (χ0) is 13.0. The molecule has 0 N–H and O–H groups in total. The second-order valence-electron chi connectivity index (χ2n) is 5.10. The van der Waals surface area contributed by atoms with Crippen LogP contribution in [0.4, 0.5) is 4.39 Å². The fourth-order valence-corrected chi connectivity index (χ4v) is 2.28. The summed E-state index contributed by atoms with van der Waals surface area (Å²) in [6.07, 6.45) is 5.35. The molecular formula is C15H20FNO. The van der Waals surface area contributed by atoms with E-state index in [1.165, 1.54) is 31.4 Å². The lowest BCUT2D eigenvalue weighted by Crippen LogP contribution is -2.37. The van der Waals surface area contributed by atoms with Gasteiger partial charge in [-0.3, -0.25) is 4.79 Å². The normalized spacial score (nSPS) is 15.7. The monoisotopic (exact) mass is 249 g/mol. The maximum absolute atomic E-state index is 12.7. The molecule has 98 valence electrons. The zero-order valence-corrected chi connectivity index (χ0v) is 10.9. The van der Waals surface area contributed by atoms with Crippen molar-refractivity contribution < 1.29 is 9.18 Å². The average Bonchev–Trinajstić information content (AvgIpc) is 2.27. The largest absolute Gasteiger partial charge is 0.303 e. The molecule has 0 amide bonds. The number of carbonyl (C=O) groups is 1. The molecule has 0 saturated heterocycles. The molecule has 1 aromatic carbocycles. The number of hydrogen-bond donors (Lipinski definition) is 0.